The molecule has 7 nitrogen and oxygen atoms in total. The zero-order valence-corrected chi connectivity index (χ0v) is 21.3. The van der Waals surface area contributed by atoms with Crippen LogP contribution in [-0.2, 0) is 16.8 Å². The normalized spacial score (nSPS) is 20.0. The van der Waals surface area contributed by atoms with E-state index in [0.29, 0.717) is 36.7 Å². The van der Waals surface area contributed by atoms with Gasteiger partial charge in [-0.15, -0.1) is 0 Å². The van der Waals surface area contributed by atoms with E-state index in [-0.39, 0.29) is 17.8 Å². The molecule has 36 heavy (non-hydrogen) atoms. The molecule has 7 heteroatoms. The van der Waals surface area contributed by atoms with Crippen LogP contribution in [0.2, 0.25) is 0 Å². The third-order valence-electron chi connectivity index (χ3n) is 7.93. The number of anilines is 1. The van der Waals surface area contributed by atoms with E-state index in [1.807, 2.05) is 25.1 Å². The van der Waals surface area contributed by atoms with Crippen LogP contribution in [0.25, 0.3) is 10.9 Å². The highest BCUT2D eigenvalue weighted by Crippen LogP contribution is 2.45. The van der Waals surface area contributed by atoms with E-state index in [0.717, 1.165) is 47.8 Å². The minimum atomic E-state index is -1.12. The minimum Gasteiger partial charge on any atom is -0.356 e. The third kappa shape index (κ3) is 3.77. The number of nitrogens with zero attached hydrogens (tertiary/aromatic N) is 2. The number of fused-ring (bicyclic) bond motifs is 5. The number of carbonyl (C=O) groups excluding carboxylic acids is 3. The standard InChI is InChI=1S/C29H34N4O3/c1-4-6-10-19(5-2)18-30-26(34)20-11-9-12-21(17-20)33-27(35)29(3)25-23(15-16-32(29)28(33)36)22-13-7-8-14-24(22)31-25/h7-9,11-14,17,19,31H,4-6,10,15-16,18H2,1-3H3,(H,30,34)/t19-,29+/m1/s1. The predicted molar refractivity (Wildman–Crippen MR) is 141 cm³/mol. The van der Waals surface area contributed by atoms with Crippen LogP contribution in [0.3, 0.4) is 0 Å². The molecule has 1 saturated heterocycles. The first-order valence-electron chi connectivity index (χ1n) is 13.0. The highest BCUT2D eigenvalue weighted by atomic mass is 16.2. The number of imide groups is 1. The fraction of sp³-hybridized carbons (Fsp3) is 0.414. The van der Waals surface area contributed by atoms with Gasteiger partial charge in [0.2, 0.25) is 0 Å². The van der Waals surface area contributed by atoms with Crippen LogP contribution in [0.15, 0.2) is 48.5 Å². The summed E-state index contributed by atoms with van der Waals surface area (Å²) in [5.74, 6) is -0.0453. The molecule has 5 rings (SSSR count). The van der Waals surface area contributed by atoms with Gasteiger partial charge in [0.15, 0.2) is 5.54 Å². The van der Waals surface area contributed by atoms with Crippen LogP contribution < -0.4 is 10.2 Å². The average Bonchev–Trinajstić information content (AvgIpc) is 3.37. The highest BCUT2D eigenvalue weighted by Gasteiger charge is 2.59. The molecule has 2 atom stereocenters. The van der Waals surface area contributed by atoms with Gasteiger partial charge in [0.05, 0.1) is 11.4 Å². The third-order valence-corrected chi connectivity index (χ3v) is 7.93. The molecule has 1 aromatic heterocycles. The molecule has 1 fully saturated rings. The number of rotatable bonds is 8. The molecule has 2 aromatic carbocycles. The van der Waals surface area contributed by atoms with E-state index in [1.54, 1.807) is 29.2 Å². The van der Waals surface area contributed by atoms with Gasteiger partial charge in [-0.2, -0.15) is 0 Å². The van der Waals surface area contributed by atoms with E-state index < -0.39 is 5.54 Å². The van der Waals surface area contributed by atoms with Crippen molar-refractivity contribution < 1.29 is 14.4 Å². The molecule has 0 unspecified atom stereocenters. The Morgan fingerprint density at radius 3 is 2.72 bits per heavy atom. The zero-order valence-electron chi connectivity index (χ0n) is 21.3. The number of unbranched alkanes of at least 4 members (excludes halogenated alkanes) is 1. The molecular formula is C29H34N4O3. The van der Waals surface area contributed by atoms with Crippen LogP contribution in [-0.4, -0.2) is 40.8 Å². The molecule has 0 bridgehead atoms. The Hall–Kier alpha value is -3.61. The lowest BCUT2D eigenvalue weighted by atomic mass is 9.87. The molecule has 2 aliphatic rings. The summed E-state index contributed by atoms with van der Waals surface area (Å²) in [6, 6.07) is 14.5. The topological polar surface area (TPSA) is 85.5 Å². The Balaban J connectivity index is 1.41. The summed E-state index contributed by atoms with van der Waals surface area (Å²) in [4.78, 5) is 46.7. The lowest BCUT2D eigenvalue weighted by Gasteiger charge is -2.35. The number of aromatic amines is 1. The summed E-state index contributed by atoms with van der Waals surface area (Å²) in [7, 11) is 0. The molecule has 188 valence electrons. The van der Waals surface area contributed by atoms with Crippen molar-refractivity contribution in [3.63, 3.8) is 0 Å². The number of hydrogen-bond acceptors (Lipinski definition) is 3. The molecule has 0 spiro atoms. The van der Waals surface area contributed by atoms with Crippen molar-refractivity contribution in [2.24, 2.45) is 5.92 Å². The SMILES string of the molecule is CCCC[C@@H](CC)CNC(=O)c1cccc(N2C(=O)N3CCc4c([nH]c5ccccc45)[C@@]3(C)C2=O)c1. The number of carbonyl (C=O) groups is 3. The number of aromatic nitrogens is 1. The Morgan fingerprint density at radius 1 is 1.14 bits per heavy atom. The van der Waals surface area contributed by atoms with Gasteiger partial charge in [-0.1, -0.05) is 57.4 Å². The van der Waals surface area contributed by atoms with Crippen molar-refractivity contribution in [2.45, 2.75) is 58.4 Å². The van der Waals surface area contributed by atoms with Gasteiger partial charge in [-0.05, 0) is 55.5 Å². The van der Waals surface area contributed by atoms with Crippen molar-refractivity contribution in [3.8, 4) is 0 Å². The van der Waals surface area contributed by atoms with E-state index in [4.69, 9.17) is 0 Å². The second kappa shape index (κ2) is 9.45. The number of nitrogens with one attached hydrogen (secondary N) is 2. The van der Waals surface area contributed by atoms with Crippen molar-refractivity contribution in [1.29, 1.82) is 0 Å². The number of hydrogen-bond donors (Lipinski definition) is 2. The highest BCUT2D eigenvalue weighted by molar-refractivity contribution is 6.24. The maximum Gasteiger partial charge on any atom is 0.332 e. The first kappa shape index (κ1) is 24.1. The molecule has 2 N–H and O–H groups in total. The Kier molecular flexibility index (Phi) is 6.33. The fourth-order valence-corrected chi connectivity index (χ4v) is 5.69. The van der Waals surface area contributed by atoms with E-state index in [1.165, 1.54) is 4.90 Å². The van der Waals surface area contributed by atoms with E-state index in [9.17, 15) is 14.4 Å². The molecule has 3 aromatic rings. The van der Waals surface area contributed by atoms with Crippen LogP contribution in [0.4, 0.5) is 10.5 Å². The second-order valence-electron chi connectivity index (χ2n) is 10.1. The summed E-state index contributed by atoms with van der Waals surface area (Å²) in [5, 5.41) is 4.13. The number of benzene rings is 2. The van der Waals surface area contributed by atoms with Crippen LogP contribution in [0, 0.1) is 5.92 Å². The Morgan fingerprint density at radius 2 is 1.94 bits per heavy atom. The summed E-state index contributed by atoms with van der Waals surface area (Å²) < 4.78 is 0. The smallest absolute Gasteiger partial charge is 0.332 e. The van der Waals surface area contributed by atoms with Gasteiger partial charge in [0, 0.05) is 29.6 Å². The lowest BCUT2D eigenvalue weighted by molar-refractivity contribution is -0.125. The zero-order chi connectivity index (χ0) is 25.4. The average molecular weight is 487 g/mol. The van der Waals surface area contributed by atoms with Gasteiger partial charge in [0.1, 0.15) is 0 Å². The van der Waals surface area contributed by atoms with Gasteiger partial charge in [-0.25, -0.2) is 9.69 Å². The Bertz CT molecular complexity index is 1330. The number of para-hydroxylation sites is 1. The van der Waals surface area contributed by atoms with Gasteiger partial charge in [-0.3, -0.25) is 9.59 Å². The van der Waals surface area contributed by atoms with Crippen LogP contribution >= 0.6 is 0 Å². The van der Waals surface area contributed by atoms with Crippen molar-refractivity contribution in [2.75, 3.05) is 18.0 Å². The number of H-pyrrole nitrogens is 1. The summed E-state index contributed by atoms with van der Waals surface area (Å²) in [6.07, 6.45) is 5.08. The molecular weight excluding hydrogens is 452 g/mol. The molecule has 4 amide bonds. The first-order chi connectivity index (χ1) is 17.4. The van der Waals surface area contributed by atoms with Crippen LogP contribution in [0.1, 0.15) is 68.1 Å². The van der Waals surface area contributed by atoms with Crippen molar-refractivity contribution in [3.05, 3.63) is 65.4 Å². The fourth-order valence-electron chi connectivity index (χ4n) is 5.69. The predicted octanol–water partition coefficient (Wildman–Crippen LogP) is 5.35. The van der Waals surface area contributed by atoms with Gasteiger partial charge < -0.3 is 15.2 Å². The molecule has 0 saturated carbocycles. The van der Waals surface area contributed by atoms with E-state index in [2.05, 4.69) is 30.2 Å². The largest absolute Gasteiger partial charge is 0.356 e. The summed E-state index contributed by atoms with van der Waals surface area (Å²) in [6.45, 7) is 7.21. The monoisotopic (exact) mass is 486 g/mol. The summed E-state index contributed by atoms with van der Waals surface area (Å²) >= 11 is 0. The van der Waals surface area contributed by atoms with Crippen molar-refractivity contribution in [1.82, 2.24) is 15.2 Å². The number of amides is 4. The molecule has 0 radical (unpaired) electrons. The Labute approximate surface area is 211 Å². The second-order valence-corrected chi connectivity index (χ2v) is 10.1. The maximum absolute atomic E-state index is 13.9. The van der Waals surface area contributed by atoms with Crippen LogP contribution in [0.5, 0.6) is 0 Å². The maximum atomic E-state index is 13.9. The lowest BCUT2D eigenvalue weighted by Crippen LogP contribution is -2.49. The van der Waals surface area contributed by atoms with Gasteiger partial charge >= 0.3 is 6.03 Å². The molecule has 0 aliphatic carbocycles. The van der Waals surface area contributed by atoms with Gasteiger partial charge in [0.25, 0.3) is 11.8 Å². The first-order valence-corrected chi connectivity index (χ1v) is 13.0. The molecule has 3 heterocycles. The quantitative estimate of drug-likeness (QED) is 0.421. The number of urea groups is 1. The molecule has 2 aliphatic heterocycles. The summed E-state index contributed by atoms with van der Waals surface area (Å²) in [5.41, 5.74) is 2.59. The minimum absolute atomic E-state index is 0.187. The van der Waals surface area contributed by atoms with Crippen molar-refractivity contribution >= 4 is 34.4 Å². The van der Waals surface area contributed by atoms with E-state index >= 15 is 0 Å².